The molecule has 2 nitrogen and oxygen atoms in total. The van der Waals surface area contributed by atoms with Crippen molar-refractivity contribution in [1.82, 2.24) is 9.55 Å². The molecule has 1 aliphatic carbocycles. The summed E-state index contributed by atoms with van der Waals surface area (Å²) < 4.78 is 4.93. The molecule has 234 valence electrons. The van der Waals surface area contributed by atoms with Crippen molar-refractivity contribution in [1.29, 1.82) is 0 Å². The molecule has 10 aromatic rings. The first-order chi connectivity index (χ1) is 24.7. The zero-order valence-electron chi connectivity index (χ0n) is 27.5. The summed E-state index contributed by atoms with van der Waals surface area (Å²) in [6, 6.07) is 47.1. The van der Waals surface area contributed by atoms with Gasteiger partial charge >= 0.3 is 0 Å². The lowest BCUT2D eigenvalue weighted by molar-refractivity contribution is 1.09. The van der Waals surface area contributed by atoms with E-state index in [-0.39, 0.29) is 0 Å². The van der Waals surface area contributed by atoms with Crippen molar-refractivity contribution in [3.05, 3.63) is 162 Å². The molecule has 0 radical (unpaired) electrons. The maximum absolute atomic E-state index is 5.15. The lowest BCUT2D eigenvalue weighted by Crippen LogP contribution is -1.99. The molecule has 0 amide bonds. The Hall–Kier alpha value is -6.03. The number of nitrogens with zero attached hydrogens (tertiary/aromatic N) is 2. The van der Waals surface area contributed by atoms with Gasteiger partial charge in [-0.25, -0.2) is 4.98 Å². The second-order valence-corrected chi connectivity index (χ2v) is 14.6. The van der Waals surface area contributed by atoms with Crippen LogP contribution in [0.5, 0.6) is 0 Å². The topological polar surface area (TPSA) is 17.8 Å². The summed E-state index contributed by atoms with van der Waals surface area (Å²) >= 11 is 1.85. The van der Waals surface area contributed by atoms with Crippen molar-refractivity contribution in [2.24, 2.45) is 0 Å². The molecule has 7 aromatic carbocycles. The van der Waals surface area contributed by atoms with Crippen LogP contribution in [0, 0.1) is 6.92 Å². The van der Waals surface area contributed by atoms with Crippen LogP contribution in [0.4, 0.5) is 0 Å². The van der Waals surface area contributed by atoms with E-state index in [0.717, 1.165) is 12.2 Å². The fourth-order valence-electron chi connectivity index (χ4n) is 8.77. The Balaban J connectivity index is 1.14. The SMILES string of the molecule is C=Cc1c(C)c2ccc(-c3ccc4sc5c(-n6c7ccccc7c7ccc8c(c76)Cc6ccccc6-8)nccc5c4c3)cc2c2ccccc12. The third-order valence-corrected chi connectivity index (χ3v) is 12.3. The summed E-state index contributed by atoms with van der Waals surface area (Å²) in [5.41, 5.74) is 12.9. The largest absolute Gasteiger partial charge is 0.292 e. The van der Waals surface area contributed by atoms with Gasteiger partial charge < -0.3 is 0 Å². The van der Waals surface area contributed by atoms with Crippen LogP contribution in [0.25, 0.3) is 97.7 Å². The highest BCUT2D eigenvalue weighted by atomic mass is 32.1. The molecule has 0 unspecified atom stereocenters. The fraction of sp³-hybridized carbons (Fsp3) is 0.0426. The van der Waals surface area contributed by atoms with Gasteiger partial charge in [-0.05, 0) is 103 Å². The van der Waals surface area contributed by atoms with Crippen LogP contribution in [-0.4, -0.2) is 9.55 Å². The minimum atomic E-state index is 0.931. The number of benzene rings is 7. The fourth-order valence-corrected chi connectivity index (χ4v) is 9.93. The summed E-state index contributed by atoms with van der Waals surface area (Å²) in [7, 11) is 0. The average Bonchev–Trinajstić information content (AvgIpc) is 3.84. The van der Waals surface area contributed by atoms with Crippen molar-refractivity contribution in [3.8, 4) is 28.1 Å². The predicted molar refractivity (Wildman–Crippen MR) is 215 cm³/mol. The van der Waals surface area contributed by atoms with E-state index in [9.17, 15) is 0 Å². The Kier molecular flexibility index (Phi) is 5.71. The average molecular weight is 655 g/mol. The lowest BCUT2D eigenvalue weighted by atomic mass is 9.90. The van der Waals surface area contributed by atoms with Gasteiger partial charge in [0.2, 0.25) is 0 Å². The summed E-state index contributed by atoms with van der Waals surface area (Å²) in [6.45, 7) is 6.35. The van der Waals surface area contributed by atoms with Crippen LogP contribution in [-0.2, 0) is 6.42 Å². The van der Waals surface area contributed by atoms with E-state index in [4.69, 9.17) is 4.98 Å². The maximum Gasteiger partial charge on any atom is 0.155 e. The quantitative estimate of drug-likeness (QED) is 0.173. The van der Waals surface area contributed by atoms with Gasteiger partial charge in [-0.3, -0.25) is 4.57 Å². The van der Waals surface area contributed by atoms with Gasteiger partial charge in [-0.1, -0.05) is 110 Å². The molecular weight excluding hydrogens is 625 g/mol. The molecule has 0 spiro atoms. The van der Waals surface area contributed by atoms with E-state index in [1.165, 1.54) is 108 Å². The van der Waals surface area contributed by atoms with Crippen LogP contribution in [0.3, 0.4) is 0 Å². The second-order valence-electron chi connectivity index (χ2n) is 13.5. The highest BCUT2D eigenvalue weighted by molar-refractivity contribution is 7.26. The molecule has 0 saturated carbocycles. The van der Waals surface area contributed by atoms with Crippen LogP contribution >= 0.6 is 11.3 Å². The number of fused-ring (bicyclic) bond motifs is 13. The zero-order valence-corrected chi connectivity index (χ0v) is 28.3. The van der Waals surface area contributed by atoms with Crippen molar-refractivity contribution in [2.45, 2.75) is 13.3 Å². The molecule has 11 rings (SSSR count). The molecule has 50 heavy (non-hydrogen) atoms. The number of rotatable bonds is 3. The van der Waals surface area contributed by atoms with E-state index >= 15 is 0 Å². The first-order valence-corrected chi connectivity index (χ1v) is 18.0. The number of hydrogen-bond acceptors (Lipinski definition) is 2. The van der Waals surface area contributed by atoms with Crippen LogP contribution < -0.4 is 0 Å². The molecule has 0 atom stereocenters. The zero-order chi connectivity index (χ0) is 33.1. The van der Waals surface area contributed by atoms with E-state index in [1.54, 1.807) is 0 Å². The first kappa shape index (κ1) is 27.9. The van der Waals surface area contributed by atoms with E-state index in [1.807, 2.05) is 23.6 Å². The van der Waals surface area contributed by atoms with Gasteiger partial charge in [0.05, 0.1) is 15.7 Å². The summed E-state index contributed by atoms with van der Waals surface area (Å²) in [4.78, 5) is 5.15. The molecule has 3 aromatic heterocycles. The number of thiophene rings is 1. The molecule has 1 aliphatic rings. The van der Waals surface area contributed by atoms with Crippen molar-refractivity contribution in [2.75, 3.05) is 0 Å². The standard InChI is InChI=1S/C47H30N2S/c1-3-31-27(2)32-18-16-28(24-40(32)35-13-7-6-12-34(31)35)29-17-21-44-41(25-29)39-22-23-48-47(46(39)50-44)49-43-15-9-8-14-37(43)38-20-19-36-33-11-5-4-10-30(33)26-42(36)45(38)49/h3-25H,1,26H2,2H3. The molecular formula is C47H30N2S. The highest BCUT2D eigenvalue weighted by Gasteiger charge is 2.26. The smallest absolute Gasteiger partial charge is 0.155 e. The molecule has 3 heteroatoms. The minimum Gasteiger partial charge on any atom is -0.292 e. The molecule has 0 saturated heterocycles. The van der Waals surface area contributed by atoms with Gasteiger partial charge in [-0.15, -0.1) is 11.3 Å². The molecule has 0 aliphatic heterocycles. The minimum absolute atomic E-state index is 0.931. The number of pyridine rings is 1. The maximum atomic E-state index is 5.15. The van der Waals surface area contributed by atoms with Crippen molar-refractivity contribution >= 4 is 80.9 Å². The van der Waals surface area contributed by atoms with Crippen LogP contribution in [0.2, 0.25) is 0 Å². The van der Waals surface area contributed by atoms with E-state index in [0.29, 0.717) is 0 Å². The molecule has 0 N–H and O–H groups in total. The van der Waals surface area contributed by atoms with Gasteiger partial charge in [0.1, 0.15) is 0 Å². The normalized spacial score (nSPS) is 12.5. The Morgan fingerprint density at radius 1 is 0.640 bits per heavy atom. The number of para-hydroxylation sites is 1. The van der Waals surface area contributed by atoms with Gasteiger partial charge in [0, 0.05) is 38.9 Å². The Morgan fingerprint density at radius 3 is 2.26 bits per heavy atom. The Bertz CT molecular complexity index is 3100. The Morgan fingerprint density at radius 2 is 1.38 bits per heavy atom. The summed E-state index contributed by atoms with van der Waals surface area (Å²) in [5.74, 6) is 1.01. The van der Waals surface area contributed by atoms with Gasteiger partial charge in [0.15, 0.2) is 5.82 Å². The molecule has 3 heterocycles. The molecule has 0 fully saturated rings. The van der Waals surface area contributed by atoms with Crippen molar-refractivity contribution in [3.63, 3.8) is 0 Å². The van der Waals surface area contributed by atoms with E-state index < -0.39 is 0 Å². The summed E-state index contributed by atoms with van der Waals surface area (Å²) in [6.07, 6.45) is 4.92. The summed E-state index contributed by atoms with van der Waals surface area (Å²) in [5, 5.41) is 10.2. The van der Waals surface area contributed by atoms with E-state index in [2.05, 4.69) is 145 Å². The van der Waals surface area contributed by atoms with Gasteiger partial charge in [-0.2, -0.15) is 0 Å². The lowest BCUT2D eigenvalue weighted by Gasteiger charge is -2.14. The number of aryl methyl sites for hydroxylation is 1. The Labute approximate surface area is 293 Å². The monoisotopic (exact) mass is 654 g/mol. The highest BCUT2D eigenvalue weighted by Crippen LogP contribution is 2.46. The second kappa shape index (κ2) is 10.2. The molecule has 0 bridgehead atoms. The first-order valence-electron chi connectivity index (χ1n) is 17.2. The van der Waals surface area contributed by atoms with Crippen LogP contribution in [0.15, 0.2) is 140 Å². The van der Waals surface area contributed by atoms with Crippen LogP contribution in [0.1, 0.15) is 22.3 Å². The van der Waals surface area contributed by atoms with Gasteiger partial charge in [0.25, 0.3) is 0 Å². The van der Waals surface area contributed by atoms with Crippen molar-refractivity contribution < 1.29 is 0 Å². The number of hydrogen-bond donors (Lipinski definition) is 0. The third-order valence-electron chi connectivity index (χ3n) is 11.1. The number of aromatic nitrogens is 2. The predicted octanol–water partition coefficient (Wildman–Crippen LogP) is 13.0. The third kappa shape index (κ3) is 3.70.